The number of hydrogen-bond acceptors (Lipinski definition) is 2. The average molecular weight is 280 g/mol. The lowest BCUT2D eigenvalue weighted by Gasteiger charge is -2.30. The molecule has 1 aliphatic carbocycles. The topological polar surface area (TPSA) is 18.5 Å². The highest BCUT2D eigenvalue weighted by Crippen LogP contribution is 2.49. The molecular weight excluding hydrogens is 252 g/mol. The Hall–Kier alpha value is -0.383. The minimum Gasteiger partial charge on any atom is -0.347 e. The van der Waals surface area contributed by atoms with Crippen molar-refractivity contribution < 1.29 is 9.47 Å². The van der Waals surface area contributed by atoms with Gasteiger partial charge < -0.3 is 9.47 Å². The summed E-state index contributed by atoms with van der Waals surface area (Å²) >= 11 is 0. The minimum absolute atomic E-state index is 0.287. The first-order valence-corrected chi connectivity index (χ1v) is 11.1. The summed E-state index contributed by atoms with van der Waals surface area (Å²) in [6.07, 6.45) is 5.28. The molecule has 0 amide bonds. The second kappa shape index (κ2) is 5.55. The van der Waals surface area contributed by atoms with Crippen LogP contribution >= 0.6 is 0 Å². The molecule has 3 heteroatoms. The van der Waals surface area contributed by atoms with E-state index in [0.717, 1.165) is 26.1 Å². The Morgan fingerprint density at radius 1 is 1.32 bits per heavy atom. The van der Waals surface area contributed by atoms with Crippen molar-refractivity contribution in [3.63, 3.8) is 0 Å². The molecule has 0 aromatic carbocycles. The highest BCUT2D eigenvalue weighted by molar-refractivity contribution is 6.81. The summed E-state index contributed by atoms with van der Waals surface area (Å²) in [6.45, 7) is 14.9. The standard InChI is InChI=1S/C16H28O2Si/c1-6-7-14(12-19(3,4)5)15-8-9-16(13(15)2)17-10-11-18-16/h6,12-13,15H,1,7-11H2,2-5H3/b14-12-/t13-,15+/m0/s1. The lowest BCUT2D eigenvalue weighted by Crippen LogP contribution is -2.35. The van der Waals surface area contributed by atoms with E-state index in [-0.39, 0.29) is 5.79 Å². The smallest absolute Gasteiger partial charge is 0.171 e. The van der Waals surface area contributed by atoms with Gasteiger partial charge in [0, 0.05) is 12.3 Å². The van der Waals surface area contributed by atoms with Gasteiger partial charge in [0.15, 0.2) is 5.79 Å². The van der Waals surface area contributed by atoms with E-state index in [1.807, 2.05) is 6.08 Å². The maximum Gasteiger partial charge on any atom is 0.171 e. The molecule has 0 N–H and O–H groups in total. The maximum atomic E-state index is 5.94. The monoisotopic (exact) mass is 280 g/mol. The predicted octanol–water partition coefficient (Wildman–Crippen LogP) is 4.16. The summed E-state index contributed by atoms with van der Waals surface area (Å²) in [6, 6.07) is 0. The van der Waals surface area contributed by atoms with Crippen LogP contribution in [-0.4, -0.2) is 27.1 Å². The van der Waals surface area contributed by atoms with Gasteiger partial charge in [-0.25, -0.2) is 0 Å². The van der Waals surface area contributed by atoms with Crippen molar-refractivity contribution in [1.29, 1.82) is 0 Å². The largest absolute Gasteiger partial charge is 0.347 e. The molecule has 2 rings (SSSR count). The van der Waals surface area contributed by atoms with E-state index in [1.165, 1.54) is 6.42 Å². The van der Waals surface area contributed by atoms with Gasteiger partial charge in [0.1, 0.15) is 0 Å². The highest BCUT2D eigenvalue weighted by atomic mass is 28.3. The second-order valence-electron chi connectivity index (χ2n) is 7.02. The molecule has 2 nitrogen and oxygen atoms in total. The molecule has 0 aromatic heterocycles. The van der Waals surface area contributed by atoms with Crippen LogP contribution in [-0.2, 0) is 9.47 Å². The predicted molar refractivity (Wildman–Crippen MR) is 82.8 cm³/mol. The van der Waals surface area contributed by atoms with E-state index in [2.05, 4.69) is 38.8 Å². The number of allylic oxidation sites excluding steroid dienone is 2. The van der Waals surface area contributed by atoms with E-state index in [4.69, 9.17) is 9.47 Å². The fourth-order valence-corrected chi connectivity index (χ4v) is 5.01. The maximum absolute atomic E-state index is 5.94. The van der Waals surface area contributed by atoms with Crippen LogP contribution < -0.4 is 0 Å². The fraction of sp³-hybridized carbons (Fsp3) is 0.750. The first-order chi connectivity index (χ1) is 8.88. The molecule has 0 aromatic rings. The van der Waals surface area contributed by atoms with Crippen molar-refractivity contribution >= 4 is 8.07 Å². The molecule has 2 atom stereocenters. The van der Waals surface area contributed by atoms with Crippen LogP contribution in [0.25, 0.3) is 0 Å². The van der Waals surface area contributed by atoms with Crippen LogP contribution in [0.5, 0.6) is 0 Å². The van der Waals surface area contributed by atoms with Crippen LogP contribution in [0.15, 0.2) is 23.9 Å². The third kappa shape index (κ3) is 3.20. The molecule has 0 bridgehead atoms. The van der Waals surface area contributed by atoms with Crippen LogP contribution in [0.1, 0.15) is 26.2 Å². The molecule has 2 aliphatic rings. The van der Waals surface area contributed by atoms with Gasteiger partial charge in [-0.2, -0.15) is 0 Å². The zero-order valence-corrected chi connectivity index (χ0v) is 13.9. The Morgan fingerprint density at radius 2 is 1.95 bits per heavy atom. The van der Waals surface area contributed by atoms with Crippen LogP contribution in [0, 0.1) is 11.8 Å². The van der Waals surface area contributed by atoms with Crippen molar-refractivity contribution in [2.24, 2.45) is 11.8 Å². The third-order valence-electron chi connectivity index (χ3n) is 4.35. The Balaban J connectivity index is 2.20. The van der Waals surface area contributed by atoms with Gasteiger partial charge in [-0.3, -0.25) is 0 Å². The molecule has 1 saturated heterocycles. The third-order valence-corrected chi connectivity index (χ3v) is 5.59. The van der Waals surface area contributed by atoms with E-state index >= 15 is 0 Å². The Kier molecular flexibility index (Phi) is 4.38. The lowest BCUT2D eigenvalue weighted by atomic mass is 9.87. The second-order valence-corrected chi connectivity index (χ2v) is 12.0. The van der Waals surface area contributed by atoms with Crippen LogP contribution in [0.2, 0.25) is 19.6 Å². The van der Waals surface area contributed by atoms with E-state index in [9.17, 15) is 0 Å². The number of hydrogen-bond donors (Lipinski definition) is 0. The molecule has 19 heavy (non-hydrogen) atoms. The molecule has 1 heterocycles. The van der Waals surface area contributed by atoms with Crippen LogP contribution in [0.4, 0.5) is 0 Å². The van der Waals surface area contributed by atoms with Crippen molar-refractivity contribution in [3.8, 4) is 0 Å². The van der Waals surface area contributed by atoms with E-state index in [1.54, 1.807) is 5.57 Å². The van der Waals surface area contributed by atoms with Gasteiger partial charge in [0.2, 0.25) is 0 Å². The van der Waals surface area contributed by atoms with E-state index < -0.39 is 8.07 Å². The first-order valence-electron chi connectivity index (χ1n) is 7.48. The number of rotatable bonds is 4. The van der Waals surface area contributed by atoms with Gasteiger partial charge in [0.25, 0.3) is 0 Å². The normalized spacial score (nSPS) is 31.1. The zero-order chi connectivity index (χ0) is 14.1. The minimum atomic E-state index is -1.20. The molecule has 108 valence electrons. The van der Waals surface area contributed by atoms with Crippen molar-refractivity contribution in [2.45, 2.75) is 51.6 Å². The van der Waals surface area contributed by atoms with Gasteiger partial charge in [-0.1, -0.05) is 43.9 Å². The SMILES string of the molecule is C=CC/C(=C/[Si](C)(C)C)[C@@H]1CCC2(OCCO2)[C@H]1C. The summed E-state index contributed by atoms with van der Waals surface area (Å²) < 4.78 is 11.9. The molecule has 1 spiro atoms. The highest BCUT2D eigenvalue weighted by Gasteiger charge is 2.51. The zero-order valence-electron chi connectivity index (χ0n) is 12.9. The van der Waals surface area contributed by atoms with Gasteiger partial charge in [-0.15, -0.1) is 6.58 Å². The molecular formula is C16H28O2Si. The van der Waals surface area contributed by atoms with Crippen molar-refractivity contribution in [2.75, 3.05) is 13.2 Å². The summed E-state index contributed by atoms with van der Waals surface area (Å²) in [4.78, 5) is 0. The van der Waals surface area contributed by atoms with Gasteiger partial charge in [-0.05, 0) is 18.8 Å². The Labute approximate surface area is 118 Å². The van der Waals surface area contributed by atoms with Gasteiger partial charge in [0.05, 0.1) is 21.3 Å². The molecule has 0 unspecified atom stereocenters. The van der Waals surface area contributed by atoms with Crippen molar-refractivity contribution in [1.82, 2.24) is 0 Å². The average Bonchev–Trinajstić information content (AvgIpc) is 2.88. The number of ether oxygens (including phenoxy) is 2. The summed E-state index contributed by atoms with van der Waals surface area (Å²) in [5.74, 6) is 0.769. The molecule has 1 aliphatic heterocycles. The van der Waals surface area contributed by atoms with Crippen LogP contribution in [0.3, 0.4) is 0 Å². The summed E-state index contributed by atoms with van der Waals surface area (Å²) in [7, 11) is -1.20. The Bertz CT molecular complexity index is 361. The molecule has 2 fully saturated rings. The summed E-state index contributed by atoms with van der Waals surface area (Å²) in [5, 5.41) is 0. The first kappa shape index (κ1) is 15.0. The lowest BCUT2D eigenvalue weighted by molar-refractivity contribution is -0.180. The van der Waals surface area contributed by atoms with Gasteiger partial charge >= 0.3 is 0 Å². The molecule has 0 radical (unpaired) electrons. The summed E-state index contributed by atoms with van der Waals surface area (Å²) in [5.41, 5.74) is 4.13. The van der Waals surface area contributed by atoms with Crippen molar-refractivity contribution in [3.05, 3.63) is 23.9 Å². The Morgan fingerprint density at radius 3 is 2.47 bits per heavy atom. The van der Waals surface area contributed by atoms with E-state index in [0.29, 0.717) is 11.8 Å². The fourth-order valence-electron chi connectivity index (χ4n) is 3.57. The quantitative estimate of drug-likeness (QED) is 0.569. The molecule has 1 saturated carbocycles.